The SMILES string of the molecule is Cc1ccc(S(=O)(=O)OC2CCCCCCC2=O)cc1. The second kappa shape index (κ2) is 6.50. The first-order valence-corrected chi connectivity index (χ1v) is 8.42. The summed E-state index contributed by atoms with van der Waals surface area (Å²) in [5, 5.41) is 0. The minimum atomic E-state index is -3.86. The van der Waals surface area contributed by atoms with Crippen LogP contribution >= 0.6 is 0 Å². The molecule has 0 aliphatic heterocycles. The fourth-order valence-corrected chi connectivity index (χ4v) is 3.41. The van der Waals surface area contributed by atoms with E-state index in [2.05, 4.69) is 0 Å². The van der Waals surface area contributed by atoms with Crippen molar-refractivity contribution in [2.24, 2.45) is 0 Å². The highest BCUT2D eigenvalue weighted by Gasteiger charge is 2.27. The summed E-state index contributed by atoms with van der Waals surface area (Å²) < 4.78 is 29.5. The Labute approximate surface area is 120 Å². The quantitative estimate of drug-likeness (QED) is 0.804. The summed E-state index contributed by atoms with van der Waals surface area (Å²) in [5.41, 5.74) is 0.978. The summed E-state index contributed by atoms with van der Waals surface area (Å²) >= 11 is 0. The molecule has 1 fully saturated rings. The highest BCUT2D eigenvalue weighted by molar-refractivity contribution is 7.86. The van der Waals surface area contributed by atoms with Gasteiger partial charge in [0, 0.05) is 6.42 Å². The Morgan fingerprint density at radius 1 is 1.05 bits per heavy atom. The molecule has 1 atom stereocenters. The number of aryl methyl sites for hydroxylation is 1. The van der Waals surface area contributed by atoms with Gasteiger partial charge in [-0.15, -0.1) is 0 Å². The molecular weight excluding hydrogens is 276 g/mol. The predicted molar refractivity (Wildman–Crippen MR) is 75.9 cm³/mol. The Morgan fingerprint density at radius 2 is 1.70 bits per heavy atom. The first-order valence-electron chi connectivity index (χ1n) is 7.02. The monoisotopic (exact) mass is 296 g/mol. The average molecular weight is 296 g/mol. The minimum Gasteiger partial charge on any atom is -0.297 e. The first kappa shape index (κ1) is 15.2. The molecule has 0 N–H and O–H groups in total. The van der Waals surface area contributed by atoms with Crippen LogP contribution in [0.4, 0.5) is 0 Å². The van der Waals surface area contributed by atoms with Crippen LogP contribution in [0.3, 0.4) is 0 Å². The molecule has 0 saturated heterocycles. The predicted octanol–water partition coefficient (Wildman–Crippen LogP) is 2.99. The van der Waals surface area contributed by atoms with Gasteiger partial charge in [0.25, 0.3) is 10.1 Å². The van der Waals surface area contributed by atoms with Gasteiger partial charge in [-0.3, -0.25) is 8.98 Å². The van der Waals surface area contributed by atoms with Gasteiger partial charge >= 0.3 is 0 Å². The molecule has 1 unspecified atom stereocenters. The van der Waals surface area contributed by atoms with Gasteiger partial charge in [0.05, 0.1) is 4.90 Å². The Morgan fingerprint density at radius 3 is 2.40 bits per heavy atom. The zero-order valence-corrected chi connectivity index (χ0v) is 12.5. The van der Waals surface area contributed by atoms with Crippen LogP contribution in [0.5, 0.6) is 0 Å². The van der Waals surface area contributed by atoms with Crippen molar-refractivity contribution in [3.8, 4) is 0 Å². The van der Waals surface area contributed by atoms with E-state index in [-0.39, 0.29) is 10.7 Å². The molecule has 20 heavy (non-hydrogen) atoms. The van der Waals surface area contributed by atoms with E-state index < -0.39 is 16.2 Å². The van der Waals surface area contributed by atoms with Gasteiger partial charge < -0.3 is 0 Å². The molecule has 1 aliphatic carbocycles. The molecule has 1 aromatic carbocycles. The lowest BCUT2D eigenvalue weighted by Gasteiger charge is -2.18. The highest BCUT2D eigenvalue weighted by atomic mass is 32.2. The standard InChI is InChI=1S/C15H20O4S/c1-12-8-10-13(11-9-12)20(17,18)19-15-7-5-3-2-4-6-14(15)16/h8-11,15H,2-7H2,1H3. The van der Waals surface area contributed by atoms with Crippen molar-refractivity contribution in [2.75, 3.05) is 0 Å². The maximum atomic E-state index is 12.2. The van der Waals surface area contributed by atoms with Gasteiger partial charge in [-0.25, -0.2) is 0 Å². The van der Waals surface area contributed by atoms with Crippen LogP contribution in [0.2, 0.25) is 0 Å². The maximum absolute atomic E-state index is 12.2. The molecule has 0 spiro atoms. The lowest BCUT2D eigenvalue weighted by Crippen LogP contribution is -2.28. The van der Waals surface area contributed by atoms with Crippen LogP contribution in [0.1, 0.15) is 44.1 Å². The molecule has 4 nitrogen and oxygen atoms in total. The molecule has 1 aliphatic rings. The van der Waals surface area contributed by atoms with Crippen molar-refractivity contribution in [1.29, 1.82) is 0 Å². The third kappa shape index (κ3) is 3.90. The van der Waals surface area contributed by atoms with Crippen molar-refractivity contribution >= 4 is 15.9 Å². The average Bonchev–Trinajstić information content (AvgIpc) is 2.39. The molecule has 0 bridgehead atoms. The second-order valence-electron chi connectivity index (χ2n) is 5.27. The lowest BCUT2D eigenvalue weighted by molar-refractivity contribution is -0.126. The van der Waals surface area contributed by atoms with E-state index in [1.54, 1.807) is 12.1 Å². The van der Waals surface area contributed by atoms with Crippen LogP contribution < -0.4 is 0 Å². The summed E-state index contributed by atoms with van der Waals surface area (Å²) in [6.45, 7) is 1.88. The summed E-state index contributed by atoms with van der Waals surface area (Å²) in [6.07, 6.45) is 3.80. The Balaban J connectivity index is 2.13. The molecule has 2 rings (SSSR count). The number of rotatable bonds is 3. The largest absolute Gasteiger partial charge is 0.297 e. The topological polar surface area (TPSA) is 60.4 Å². The molecule has 0 aromatic heterocycles. The van der Waals surface area contributed by atoms with Crippen LogP contribution in [0.15, 0.2) is 29.2 Å². The second-order valence-corrected chi connectivity index (χ2v) is 6.84. The number of Topliss-reactive ketones (excluding diaryl/α,β-unsaturated/α-hetero) is 1. The molecule has 1 aromatic rings. The van der Waals surface area contributed by atoms with Crippen molar-refractivity contribution in [3.05, 3.63) is 29.8 Å². The third-order valence-corrected chi connectivity index (χ3v) is 4.89. The van der Waals surface area contributed by atoms with E-state index in [1.807, 2.05) is 6.92 Å². The van der Waals surface area contributed by atoms with Crippen molar-refractivity contribution in [2.45, 2.75) is 56.4 Å². The van der Waals surface area contributed by atoms with Crippen molar-refractivity contribution in [3.63, 3.8) is 0 Å². The number of ketones is 1. The Kier molecular flexibility index (Phi) is 4.94. The highest BCUT2D eigenvalue weighted by Crippen LogP contribution is 2.22. The van der Waals surface area contributed by atoms with Gasteiger partial charge in [-0.1, -0.05) is 37.0 Å². The van der Waals surface area contributed by atoms with E-state index in [0.29, 0.717) is 12.8 Å². The number of hydrogen-bond donors (Lipinski definition) is 0. The third-order valence-electron chi connectivity index (χ3n) is 3.55. The Bertz CT molecular complexity index is 560. The lowest BCUT2D eigenvalue weighted by atomic mass is 9.98. The van der Waals surface area contributed by atoms with E-state index >= 15 is 0 Å². The smallest absolute Gasteiger partial charge is 0.297 e. The van der Waals surface area contributed by atoms with Gasteiger partial charge in [0.1, 0.15) is 6.10 Å². The number of benzene rings is 1. The molecule has 5 heteroatoms. The number of hydrogen-bond acceptors (Lipinski definition) is 4. The van der Waals surface area contributed by atoms with Gasteiger partial charge in [0.15, 0.2) is 5.78 Å². The zero-order valence-electron chi connectivity index (χ0n) is 11.7. The van der Waals surface area contributed by atoms with Gasteiger partial charge in [-0.05, 0) is 31.9 Å². The molecule has 0 heterocycles. The molecule has 0 amide bonds. The summed E-state index contributed by atoms with van der Waals surface area (Å²) in [5.74, 6) is -0.0969. The van der Waals surface area contributed by atoms with E-state index in [0.717, 1.165) is 31.2 Å². The summed E-state index contributed by atoms with van der Waals surface area (Å²) in [4.78, 5) is 12.0. The fraction of sp³-hybridized carbons (Fsp3) is 0.533. The maximum Gasteiger partial charge on any atom is 0.297 e. The number of carbonyl (C=O) groups is 1. The minimum absolute atomic E-state index is 0.0969. The van der Waals surface area contributed by atoms with Gasteiger partial charge in [0.2, 0.25) is 0 Å². The normalized spacial score (nSPS) is 21.2. The summed E-state index contributed by atoms with van der Waals surface area (Å²) in [7, 11) is -3.86. The zero-order chi connectivity index (χ0) is 14.6. The van der Waals surface area contributed by atoms with Gasteiger partial charge in [-0.2, -0.15) is 8.42 Å². The fourth-order valence-electron chi connectivity index (χ4n) is 2.32. The molecule has 1 saturated carbocycles. The van der Waals surface area contributed by atoms with Crippen molar-refractivity contribution < 1.29 is 17.4 Å². The molecular formula is C15H20O4S. The molecule has 110 valence electrons. The first-order chi connectivity index (χ1) is 9.49. The number of carbonyl (C=O) groups excluding carboxylic acids is 1. The van der Waals surface area contributed by atoms with Crippen LogP contribution in [0, 0.1) is 6.92 Å². The Hall–Kier alpha value is -1.20. The van der Waals surface area contributed by atoms with Crippen molar-refractivity contribution in [1.82, 2.24) is 0 Å². The summed E-state index contributed by atoms with van der Waals surface area (Å²) in [6, 6.07) is 6.46. The van der Waals surface area contributed by atoms with E-state index in [4.69, 9.17) is 4.18 Å². The van der Waals surface area contributed by atoms with Crippen LogP contribution in [-0.2, 0) is 19.1 Å². The van der Waals surface area contributed by atoms with Crippen LogP contribution in [-0.4, -0.2) is 20.3 Å². The van der Waals surface area contributed by atoms with E-state index in [9.17, 15) is 13.2 Å². The molecule has 0 radical (unpaired) electrons. The van der Waals surface area contributed by atoms with E-state index in [1.165, 1.54) is 12.1 Å². The van der Waals surface area contributed by atoms with Crippen LogP contribution in [0.25, 0.3) is 0 Å².